The van der Waals surface area contributed by atoms with E-state index >= 15 is 0 Å². The zero-order chi connectivity index (χ0) is 18.7. The van der Waals surface area contributed by atoms with Crippen molar-refractivity contribution >= 4 is 23.2 Å². The van der Waals surface area contributed by atoms with E-state index in [1.54, 1.807) is 12.1 Å². The van der Waals surface area contributed by atoms with Gasteiger partial charge >= 0.3 is 6.61 Å². The van der Waals surface area contributed by atoms with Crippen molar-refractivity contribution in [3.05, 3.63) is 57.0 Å². The van der Waals surface area contributed by atoms with Gasteiger partial charge in [-0.3, -0.25) is 0 Å². The number of nitrogens with zero attached hydrogens (tertiary/aromatic N) is 1. The van der Waals surface area contributed by atoms with Crippen molar-refractivity contribution in [1.29, 1.82) is 0 Å². The molecule has 0 bridgehead atoms. The summed E-state index contributed by atoms with van der Waals surface area (Å²) < 4.78 is 35.9. The Labute approximate surface area is 159 Å². The van der Waals surface area contributed by atoms with Crippen molar-refractivity contribution in [2.45, 2.75) is 32.3 Å². The van der Waals surface area contributed by atoms with Gasteiger partial charge in [0.2, 0.25) is 0 Å². The largest absolute Gasteiger partial charge is 0.619 e. The number of pyridine rings is 1. The van der Waals surface area contributed by atoms with Gasteiger partial charge in [-0.15, -0.1) is 0 Å². The maximum absolute atomic E-state index is 12.6. The van der Waals surface area contributed by atoms with Crippen LogP contribution in [-0.4, -0.2) is 13.2 Å². The minimum Gasteiger partial charge on any atom is -0.619 e. The third-order valence-electron chi connectivity index (χ3n) is 4.12. The smallest absolute Gasteiger partial charge is 0.387 e. The van der Waals surface area contributed by atoms with E-state index in [0.717, 1.165) is 18.4 Å². The standard InChI is InChI=1S/C18H17Cl2F2NO3/c19-14-8-23(24)9-15(20)13(14)5-3-11-4-6-16(26-18(21)22)17(7-11)25-10-12-1-2-12/h4,6-9,12,18H,1-3,5,10H2. The molecule has 0 saturated heterocycles. The van der Waals surface area contributed by atoms with Gasteiger partial charge in [0.1, 0.15) is 10.0 Å². The monoisotopic (exact) mass is 403 g/mol. The molecule has 140 valence electrons. The van der Waals surface area contributed by atoms with E-state index in [2.05, 4.69) is 4.74 Å². The second-order valence-corrected chi connectivity index (χ2v) is 7.02. The lowest BCUT2D eigenvalue weighted by atomic mass is 10.0. The summed E-state index contributed by atoms with van der Waals surface area (Å²) >= 11 is 12.1. The van der Waals surface area contributed by atoms with E-state index in [4.69, 9.17) is 27.9 Å². The molecule has 4 nitrogen and oxygen atoms in total. The fourth-order valence-electron chi connectivity index (χ4n) is 2.55. The highest BCUT2D eigenvalue weighted by molar-refractivity contribution is 6.35. The van der Waals surface area contributed by atoms with Crippen LogP contribution in [0.15, 0.2) is 30.6 Å². The molecule has 0 amide bonds. The van der Waals surface area contributed by atoms with Crippen molar-refractivity contribution in [1.82, 2.24) is 0 Å². The predicted octanol–water partition coefficient (Wildman–Crippen LogP) is 4.80. The second-order valence-electron chi connectivity index (χ2n) is 6.21. The van der Waals surface area contributed by atoms with Crippen LogP contribution in [-0.2, 0) is 12.8 Å². The molecule has 8 heteroatoms. The topological polar surface area (TPSA) is 45.4 Å². The molecule has 1 fully saturated rings. The summed E-state index contributed by atoms with van der Waals surface area (Å²) in [5, 5.41) is 11.9. The first kappa shape index (κ1) is 19.0. The van der Waals surface area contributed by atoms with E-state index in [-0.39, 0.29) is 15.8 Å². The fourth-order valence-corrected chi connectivity index (χ4v) is 3.18. The first-order valence-corrected chi connectivity index (χ1v) is 8.95. The number of benzene rings is 1. The second kappa shape index (κ2) is 8.27. The third-order valence-corrected chi connectivity index (χ3v) is 4.77. The molecular weight excluding hydrogens is 387 g/mol. The highest BCUT2D eigenvalue weighted by Crippen LogP contribution is 2.34. The molecule has 0 atom stereocenters. The summed E-state index contributed by atoms with van der Waals surface area (Å²) in [6.07, 6.45) is 5.72. The van der Waals surface area contributed by atoms with Crippen LogP contribution in [0.2, 0.25) is 10.0 Å². The number of aromatic nitrogens is 1. The number of ether oxygens (including phenoxy) is 2. The van der Waals surface area contributed by atoms with Crippen LogP contribution in [0.1, 0.15) is 24.0 Å². The fraction of sp³-hybridized carbons (Fsp3) is 0.389. The van der Waals surface area contributed by atoms with Gasteiger partial charge in [-0.25, -0.2) is 0 Å². The Bertz CT molecular complexity index is 762. The minimum atomic E-state index is -2.91. The Morgan fingerprint density at radius 1 is 1.12 bits per heavy atom. The molecule has 1 heterocycles. The lowest BCUT2D eigenvalue weighted by Gasteiger charge is -2.14. The summed E-state index contributed by atoms with van der Waals surface area (Å²) in [5.41, 5.74) is 1.53. The first-order valence-electron chi connectivity index (χ1n) is 8.19. The van der Waals surface area contributed by atoms with Gasteiger partial charge in [0.05, 0.1) is 6.61 Å². The van der Waals surface area contributed by atoms with Gasteiger partial charge in [-0.2, -0.15) is 13.5 Å². The SMILES string of the molecule is [O-][n+]1cc(Cl)c(CCc2ccc(OC(F)F)c(OCC3CC3)c2)c(Cl)c1. The van der Waals surface area contributed by atoms with E-state index in [1.807, 2.05) is 0 Å². The molecule has 3 rings (SSSR count). The van der Waals surface area contributed by atoms with Gasteiger partial charge in [-0.05, 0) is 49.3 Å². The van der Waals surface area contributed by atoms with Crippen molar-refractivity contribution in [3.63, 3.8) is 0 Å². The predicted molar refractivity (Wildman–Crippen MR) is 94.1 cm³/mol. The van der Waals surface area contributed by atoms with Crippen molar-refractivity contribution < 1.29 is 23.0 Å². The number of hydrogen-bond donors (Lipinski definition) is 0. The minimum absolute atomic E-state index is 0.0209. The zero-order valence-corrected chi connectivity index (χ0v) is 15.3. The number of halogens is 4. The molecular formula is C18H17Cl2F2NO3. The summed E-state index contributed by atoms with van der Waals surface area (Å²) in [6, 6.07) is 4.86. The van der Waals surface area contributed by atoms with Crippen LogP contribution in [0.3, 0.4) is 0 Å². The number of hydrogen-bond acceptors (Lipinski definition) is 3. The van der Waals surface area contributed by atoms with Gasteiger partial charge in [0, 0.05) is 5.56 Å². The van der Waals surface area contributed by atoms with E-state index in [1.165, 1.54) is 18.5 Å². The van der Waals surface area contributed by atoms with E-state index in [9.17, 15) is 14.0 Å². The first-order chi connectivity index (χ1) is 12.4. The lowest BCUT2D eigenvalue weighted by molar-refractivity contribution is -0.605. The van der Waals surface area contributed by atoms with Crippen LogP contribution in [0.4, 0.5) is 8.78 Å². The lowest BCUT2D eigenvalue weighted by Crippen LogP contribution is -2.25. The van der Waals surface area contributed by atoms with Crippen LogP contribution >= 0.6 is 23.2 Å². The molecule has 26 heavy (non-hydrogen) atoms. The average molecular weight is 404 g/mol. The molecule has 2 aromatic rings. The highest BCUT2D eigenvalue weighted by atomic mass is 35.5. The van der Waals surface area contributed by atoms with Crippen molar-refractivity contribution in [3.8, 4) is 11.5 Å². The molecule has 1 aromatic heterocycles. The Morgan fingerprint density at radius 3 is 2.42 bits per heavy atom. The summed E-state index contributed by atoms with van der Waals surface area (Å²) in [7, 11) is 0. The van der Waals surface area contributed by atoms with Crippen LogP contribution in [0, 0.1) is 11.1 Å². The number of aryl methyl sites for hydroxylation is 1. The Balaban J connectivity index is 1.73. The quantitative estimate of drug-likeness (QED) is 0.469. The summed E-state index contributed by atoms with van der Waals surface area (Å²) in [6.45, 7) is -2.42. The normalized spacial score (nSPS) is 13.9. The summed E-state index contributed by atoms with van der Waals surface area (Å²) in [4.78, 5) is 0. The molecule has 1 aliphatic carbocycles. The average Bonchev–Trinajstić information content (AvgIpc) is 3.37. The zero-order valence-electron chi connectivity index (χ0n) is 13.8. The van der Waals surface area contributed by atoms with Crippen molar-refractivity contribution in [2.24, 2.45) is 5.92 Å². The maximum Gasteiger partial charge on any atom is 0.387 e. The van der Waals surface area contributed by atoms with Gasteiger partial charge in [0.15, 0.2) is 23.9 Å². The van der Waals surface area contributed by atoms with Crippen molar-refractivity contribution in [2.75, 3.05) is 6.61 Å². The van der Waals surface area contributed by atoms with Crippen LogP contribution in [0.5, 0.6) is 11.5 Å². The molecule has 0 spiro atoms. The molecule has 0 radical (unpaired) electrons. The number of alkyl halides is 2. The molecule has 1 aliphatic rings. The summed E-state index contributed by atoms with van der Waals surface area (Å²) in [5.74, 6) is 0.809. The maximum atomic E-state index is 12.6. The Kier molecular flexibility index (Phi) is 6.04. The highest BCUT2D eigenvalue weighted by Gasteiger charge is 2.23. The molecule has 0 unspecified atom stereocenters. The number of rotatable bonds is 8. The Hall–Kier alpha value is -1.79. The third kappa shape index (κ3) is 5.11. The van der Waals surface area contributed by atoms with E-state index in [0.29, 0.717) is 41.4 Å². The molecule has 0 N–H and O–H groups in total. The Morgan fingerprint density at radius 2 is 1.81 bits per heavy atom. The molecule has 1 saturated carbocycles. The van der Waals surface area contributed by atoms with Gasteiger partial charge < -0.3 is 14.7 Å². The van der Waals surface area contributed by atoms with Gasteiger partial charge in [0.25, 0.3) is 0 Å². The van der Waals surface area contributed by atoms with Gasteiger partial charge in [-0.1, -0.05) is 29.3 Å². The molecule has 1 aromatic carbocycles. The van der Waals surface area contributed by atoms with E-state index < -0.39 is 6.61 Å². The van der Waals surface area contributed by atoms with Crippen LogP contribution < -0.4 is 14.2 Å². The molecule has 0 aliphatic heterocycles. The van der Waals surface area contributed by atoms with Crippen LogP contribution in [0.25, 0.3) is 0 Å².